The molecule has 0 spiro atoms. The van der Waals surface area contributed by atoms with Crippen LogP contribution in [0.15, 0.2) is 33.6 Å². The summed E-state index contributed by atoms with van der Waals surface area (Å²) in [5.74, 6) is -1.51. The average molecular weight is 221 g/mol. The van der Waals surface area contributed by atoms with Gasteiger partial charge in [-0.05, 0) is 6.07 Å². The van der Waals surface area contributed by atoms with Crippen LogP contribution in [0.4, 0.5) is 0 Å². The molecule has 0 aliphatic heterocycles. The fourth-order valence-corrected chi connectivity index (χ4v) is 1.38. The molecule has 0 bridgehead atoms. The number of aromatic nitrogens is 1. The van der Waals surface area contributed by atoms with Crippen molar-refractivity contribution in [3.05, 3.63) is 40.4 Å². The van der Waals surface area contributed by atoms with E-state index in [0.29, 0.717) is 0 Å². The number of hydrogen-bond donors (Lipinski definition) is 3. The molecule has 6 heteroatoms. The highest BCUT2D eigenvalue weighted by Gasteiger charge is 2.21. The summed E-state index contributed by atoms with van der Waals surface area (Å²) in [6.07, 6.45) is 0. The number of aromatic carboxylic acids is 1. The maximum Gasteiger partial charge on any atom is 0.366 e. The van der Waals surface area contributed by atoms with Gasteiger partial charge in [-0.25, -0.2) is 14.7 Å². The van der Waals surface area contributed by atoms with Crippen molar-refractivity contribution in [1.29, 1.82) is 0 Å². The number of phenols is 1. The molecule has 0 aliphatic carbocycles. The third-order valence-corrected chi connectivity index (χ3v) is 2.09. The van der Waals surface area contributed by atoms with Crippen LogP contribution in [0.2, 0.25) is 0 Å². The van der Waals surface area contributed by atoms with Crippen LogP contribution < -0.4 is 5.63 Å². The first kappa shape index (κ1) is 10.0. The van der Waals surface area contributed by atoms with Crippen LogP contribution in [0.25, 0.3) is 11.1 Å². The minimum Gasteiger partial charge on any atom is -0.507 e. The molecule has 1 aromatic carbocycles. The Hall–Kier alpha value is -2.50. The van der Waals surface area contributed by atoms with Gasteiger partial charge in [0.25, 0.3) is 0 Å². The van der Waals surface area contributed by atoms with Crippen LogP contribution in [0.5, 0.6) is 5.75 Å². The van der Waals surface area contributed by atoms with Gasteiger partial charge in [-0.2, -0.15) is 0 Å². The Balaban J connectivity index is 2.74. The number of para-hydroxylation sites is 1. The lowest BCUT2D eigenvalue weighted by Gasteiger charge is -2.00. The number of rotatable bonds is 2. The van der Waals surface area contributed by atoms with Gasteiger partial charge in [0.1, 0.15) is 11.3 Å². The Kier molecular flexibility index (Phi) is 2.24. The number of carboxylic acids is 1. The van der Waals surface area contributed by atoms with Gasteiger partial charge >= 0.3 is 11.6 Å². The maximum absolute atomic E-state index is 11.3. The van der Waals surface area contributed by atoms with Gasteiger partial charge in [-0.3, -0.25) is 0 Å². The lowest BCUT2D eigenvalue weighted by Crippen LogP contribution is -2.03. The molecule has 0 saturated heterocycles. The van der Waals surface area contributed by atoms with Crippen LogP contribution in [0.3, 0.4) is 0 Å². The number of carbonyl (C=O) groups is 1. The number of phenolic OH excluding ortho intramolecular Hbond substituents is 1. The molecule has 0 unspecified atom stereocenters. The van der Waals surface area contributed by atoms with E-state index in [1.54, 1.807) is 12.1 Å². The summed E-state index contributed by atoms with van der Waals surface area (Å²) >= 11 is 0. The summed E-state index contributed by atoms with van der Waals surface area (Å²) in [5.41, 5.74) is -1.29. The molecule has 2 aromatic rings. The van der Waals surface area contributed by atoms with Crippen molar-refractivity contribution < 1.29 is 19.5 Å². The van der Waals surface area contributed by atoms with Gasteiger partial charge in [-0.1, -0.05) is 18.2 Å². The lowest BCUT2D eigenvalue weighted by atomic mass is 10.1. The van der Waals surface area contributed by atoms with Crippen molar-refractivity contribution in [3.8, 4) is 16.9 Å². The van der Waals surface area contributed by atoms with Crippen molar-refractivity contribution in [1.82, 2.24) is 5.16 Å². The predicted molar refractivity (Wildman–Crippen MR) is 53.4 cm³/mol. The highest BCUT2D eigenvalue weighted by Crippen LogP contribution is 2.28. The van der Waals surface area contributed by atoms with E-state index in [-0.39, 0.29) is 22.6 Å². The van der Waals surface area contributed by atoms with Crippen molar-refractivity contribution in [2.75, 3.05) is 0 Å². The number of aromatic amines is 1. The van der Waals surface area contributed by atoms with E-state index in [1.807, 2.05) is 5.16 Å². The smallest absolute Gasteiger partial charge is 0.366 e. The van der Waals surface area contributed by atoms with Crippen LogP contribution >= 0.6 is 0 Å². The summed E-state index contributed by atoms with van der Waals surface area (Å²) in [5, 5.41) is 20.3. The molecule has 3 N–H and O–H groups in total. The van der Waals surface area contributed by atoms with Crippen LogP contribution in [0.1, 0.15) is 10.5 Å². The molecule has 0 saturated carbocycles. The van der Waals surface area contributed by atoms with E-state index in [2.05, 4.69) is 4.52 Å². The molecule has 0 fully saturated rings. The zero-order chi connectivity index (χ0) is 11.7. The number of nitrogens with one attached hydrogen (secondary N) is 1. The molecule has 16 heavy (non-hydrogen) atoms. The molecule has 82 valence electrons. The first-order chi connectivity index (χ1) is 7.61. The predicted octanol–water partition coefficient (Wildman–Crippen LogP) is 1.04. The molecule has 1 aromatic heterocycles. The van der Waals surface area contributed by atoms with Crippen LogP contribution in [0, 0.1) is 0 Å². The number of carboxylic acid groups (broad SMARTS) is 1. The van der Waals surface area contributed by atoms with Gasteiger partial charge in [0.15, 0.2) is 5.69 Å². The van der Waals surface area contributed by atoms with E-state index in [9.17, 15) is 14.7 Å². The molecule has 0 amide bonds. The Morgan fingerprint density at radius 1 is 1.31 bits per heavy atom. The standard InChI is InChI=1S/C10H7NO5/c12-6-4-2-1-3-5(6)7-8(9(13)14)11-16-10(7)15/h1-4,11-12H,(H,13,14). The highest BCUT2D eigenvalue weighted by atomic mass is 16.5. The zero-order valence-electron chi connectivity index (χ0n) is 7.93. The molecule has 2 rings (SSSR count). The van der Waals surface area contributed by atoms with E-state index in [4.69, 9.17) is 5.11 Å². The van der Waals surface area contributed by atoms with Crippen LogP contribution in [-0.4, -0.2) is 21.3 Å². The van der Waals surface area contributed by atoms with Gasteiger partial charge in [0, 0.05) is 5.56 Å². The lowest BCUT2D eigenvalue weighted by molar-refractivity contribution is 0.0686. The largest absolute Gasteiger partial charge is 0.507 e. The second-order valence-electron chi connectivity index (χ2n) is 3.06. The second-order valence-corrected chi connectivity index (χ2v) is 3.06. The third-order valence-electron chi connectivity index (χ3n) is 2.09. The summed E-state index contributed by atoms with van der Waals surface area (Å²) in [6.45, 7) is 0. The summed E-state index contributed by atoms with van der Waals surface area (Å²) < 4.78 is 4.39. The summed E-state index contributed by atoms with van der Waals surface area (Å²) in [7, 11) is 0. The topological polar surface area (TPSA) is 104 Å². The Bertz CT molecular complexity index is 595. The molecular formula is C10H7NO5. The molecule has 1 heterocycles. The second kappa shape index (κ2) is 3.58. The van der Waals surface area contributed by atoms with Crippen molar-refractivity contribution in [2.45, 2.75) is 0 Å². The molecule has 6 nitrogen and oxygen atoms in total. The van der Waals surface area contributed by atoms with E-state index in [1.165, 1.54) is 12.1 Å². The third kappa shape index (κ3) is 1.46. The van der Waals surface area contributed by atoms with E-state index >= 15 is 0 Å². The Labute approximate surface area is 88.7 Å². The average Bonchev–Trinajstić information content (AvgIpc) is 2.61. The molecule has 0 atom stereocenters. The number of aromatic hydroxyl groups is 1. The first-order valence-corrected chi connectivity index (χ1v) is 4.34. The van der Waals surface area contributed by atoms with Crippen molar-refractivity contribution in [3.63, 3.8) is 0 Å². The highest BCUT2D eigenvalue weighted by molar-refractivity contribution is 5.94. The fourth-order valence-electron chi connectivity index (χ4n) is 1.38. The number of H-pyrrole nitrogens is 1. The van der Waals surface area contributed by atoms with Gasteiger partial charge < -0.3 is 14.7 Å². The Morgan fingerprint density at radius 3 is 2.62 bits per heavy atom. The SMILES string of the molecule is O=C(O)c1[nH]oc(=O)c1-c1ccccc1O. The van der Waals surface area contributed by atoms with Gasteiger partial charge in [0.05, 0.1) is 0 Å². The minimum absolute atomic E-state index is 0.120. The normalized spacial score (nSPS) is 10.2. The van der Waals surface area contributed by atoms with E-state index in [0.717, 1.165) is 0 Å². The summed E-state index contributed by atoms with van der Waals surface area (Å²) in [6, 6.07) is 5.93. The van der Waals surface area contributed by atoms with Gasteiger partial charge in [0.2, 0.25) is 0 Å². The molecular weight excluding hydrogens is 214 g/mol. The van der Waals surface area contributed by atoms with Crippen molar-refractivity contribution in [2.24, 2.45) is 0 Å². The van der Waals surface area contributed by atoms with Crippen molar-refractivity contribution >= 4 is 5.97 Å². The maximum atomic E-state index is 11.3. The number of benzene rings is 1. The van der Waals surface area contributed by atoms with Crippen LogP contribution in [-0.2, 0) is 0 Å². The summed E-state index contributed by atoms with van der Waals surface area (Å²) in [4.78, 5) is 22.1. The quantitative estimate of drug-likeness (QED) is 0.702. The van der Waals surface area contributed by atoms with E-state index < -0.39 is 11.6 Å². The monoisotopic (exact) mass is 221 g/mol. The first-order valence-electron chi connectivity index (χ1n) is 4.34. The van der Waals surface area contributed by atoms with Gasteiger partial charge in [-0.15, -0.1) is 0 Å². The zero-order valence-corrected chi connectivity index (χ0v) is 7.93. The number of hydrogen-bond acceptors (Lipinski definition) is 4. The molecule has 0 radical (unpaired) electrons. The molecule has 0 aliphatic rings. The Morgan fingerprint density at radius 2 is 2.00 bits per heavy atom. The fraction of sp³-hybridized carbons (Fsp3) is 0. The minimum atomic E-state index is -1.33.